The van der Waals surface area contributed by atoms with E-state index in [1.165, 1.54) is 6.07 Å². The largest absolute Gasteiger partial charge is 0.361 e. The smallest absolute Gasteiger partial charge is 0.228 e. The maximum absolute atomic E-state index is 13.4. The number of hydrogen-bond acceptors (Lipinski definition) is 4. The van der Waals surface area contributed by atoms with Crippen molar-refractivity contribution in [2.75, 3.05) is 20.1 Å². The van der Waals surface area contributed by atoms with Crippen LogP contribution in [0.25, 0.3) is 10.9 Å². The number of nitrogens with zero attached hydrogens (tertiary/aromatic N) is 3. The van der Waals surface area contributed by atoms with Crippen LogP contribution in [0.15, 0.2) is 33.9 Å². The second kappa shape index (κ2) is 9.51. The molecule has 2 heterocycles. The van der Waals surface area contributed by atoms with Crippen LogP contribution in [0.5, 0.6) is 0 Å². The monoisotopic (exact) mass is 472 g/mol. The second-order valence-electron chi connectivity index (χ2n) is 5.66. The molecule has 0 saturated carbocycles. The third-order valence-corrected chi connectivity index (χ3v) is 3.84. The van der Waals surface area contributed by atoms with Gasteiger partial charge in [0.2, 0.25) is 5.89 Å². The molecule has 1 aromatic carbocycles. The minimum Gasteiger partial charge on any atom is -0.361 e. The van der Waals surface area contributed by atoms with Crippen LogP contribution in [0.2, 0.25) is 0 Å². The zero-order chi connectivity index (χ0) is 17.6. The highest BCUT2D eigenvalue weighted by atomic mass is 127. The second-order valence-corrected chi connectivity index (χ2v) is 5.66. The molecule has 0 atom stereocenters. The van der Waals surface area contributed by atoms with Gasteiger partial charge in [0, 0.05) is 43.7 Å². The third-order valence-electron chi connectivity index (χ3n) is 3.84. The fourth-order valence-corrected chi connectivity index (χ4v) is 2.62. The Morgan fingerprint density at radius 2 is 2.04 bits per heavy atom. The van der Waals surface area contributed by atoms with E-state index in [4.69, 9.17) is 4.52 Å². The third kappa shape index (κ3) is 5.16. The summed E-state index contributed by atoms with van der Waals surface area (Å²) in [4.78, 5) is 11.5. The number of hydrogen-bond donors (Lipinski definition) is 3. The van der Waals surface area contributed by atoms with Gasteiger partial charge >= 0.3 is 0 Å². The van der Waals surface area contributed by atoms with Gasteiger partial charge in [0.1, 0.15) is 5.82 Å². The van der Waals surface area contributed by atoms with Crippen molar-refractivity contribution in [3.63, 3.8) is 0 Å². The van der Waals surface area contributed by atoms with Gasteiger partial charge in [0.05, 0.1) is 0 Å². The number of aromatic amines is 1. The number of guanidine groups is 1. The van der Waals surface area contributed by atoms with Crippen LogP contribution >= 0.6 is 24.0 Å². The van der Waals surface area contributed by atoms with Crippen LogP contribution in [0, 0.1) is 12.7 Å². The van der Waals surface area contributed by atoms with Crippen molar-refractivity contribution in [2.45, 2.75) is 19.8 Å². The maximum Gasteiger partial charge on any atom is 0.228 e. The Kier molecular flexibility index (Phi) is 7.37. The lowest BCUT2D eigenvalue weighted by Gasteiger charge is -2.10. The molecule has 9 heteroatoms. The van der Waals surface area contributed by atoms with Gasteiger partial charge in [0.25, 0.3) is 0 Å². The zero-order valence-electron chi connectivity index (χ0n) is 14.7. The van der Waals surface area contributed by atoms with E-state index in [0.717, 1.165) is 22.9 Å². The van der Waals surface area contributed by atoms with Crippen molar-refractivity contribution in [1.29, 1.82) is 0 Å². The Bertz CT molecular complexity index is 875. The lowest BCUT2D eigenvalue weighted by molar-refractivity contribution is 0.374. The normalized spacial score (nSPS) is 11.4. The van der Waals surface area contributed by atoms with E-state index in [9.17, 15) is 4.39 Å². The number of rotatable bonds is 6. The number of benzene rings is 1. The summed E-state index contributed by atoms with van der Waals surface area (Å²) in [6.45, 7) is 3.11. The molecular weight excluding hydrogens is 450 g/mol. The molecule has 26 heavy (non-hydrogen) atoms. The first-order valence-electron chi connectivity index (χ1n) is 8.15. The summed E-state index contributed by atoms with van der Waals surface area (Å²) in [5.41, 5.74) is 2.01. The number of aryl methyl sites for hydroxylation is 1. The van der Waals surface area contributed by atoms with Gasteiger partial charge in [0.15, 0.2) is 11.8 Å². The predicted molar refractivity (Wildman–Crippen MR) is 109 cm³/mol. The highest BCUT2D eigenvalue weighted by Gasteiger charge is 2.06. The average molecular weight is 472 g/mol. The Morgan fingerprint density at radius 1 is 1.27 bits per heavy atom. The van der Waals surface area contributed by atoms with Gasteiger partial charge in [-0.1, -0.05) is 5.16 Å². The molecule has 2 aromatic heterocycles. The molecule has 0 aliphatic rings. The molecule has 0 spiro atoms. The van der Waals surface area contributed by atoms with E-state index in [1.807, 2.05) is 6.20 Å². The molecule has 3 aromatic rings. The first-order chi connectivity index (χ1) is 12.2. The van der Waals surface area contributed by atoms with Crippen LogP contribution in [0.4, 0.5) is 4.39 Å². The number of halogens is 2. The zero-order valence-corrected chi connectivity index (χ0v) is 17.0. The van der Waals surface area contributed by atoms with Crippen molar-refractivity contribution in [3.8, 4) is 0 Å². The number of aliphatic imine (C=N–C) groups is 1. The summed E-state index contributed by atoms with van der Waals surface area (Å²) >= 11 is 0. The Balaban J connectivity index is 0.00000243. The lowest BCUT2D eigenvalue weighted by atomic mass is 10.1. The van der Waals surface area contributed by atoms with Gasteiger partial charge < -0.3 is 20.1 Å². The van der Waals surface area contributed by atoms with Crippen molar-refractivity contribution in [1.82, 2.24) is 25.8 Å². The van der Waals surface area contributed by atoms with Crippen LogP contribution in [0.3, 0.4) is 0 Å². The highest BCUT2D eigenvalue weighted by molar-refractivity contribution is 14.0. The van der Waals surface area contributed by atoms with E-state index in [-0.39, 0.29) is 29.8 Å². The highest BCUT2D eigenvalue weighted by Crippen LogP contribution is 2.19. The molecule has 140 valence electrons. The molecule has 0 aliphatic carbocycles. The molecular formula is C17H22FIN6O. The summed E-state index contributed by atoms with van der Waals surface area (Å²) in [5, 5.41) is 11.1. The fourth-order valence-electron chi connectivity index (χ4n) is 2.62. The summed E-state index contributed by atoms with van der Waals surface area (Å²) in [7, 11) is 1.72. The maximum atomic E-state index is 13.4. The minimum atomic E-state index is -0.227. The van der Waals surface area contributed by atoms with Crippen molar-refractivity contribution in [2.24, 2.45) is 4.99 Å². The van der Waals surface area contributed by atoms with E-state index in [0.29, 0.717) is 37.2 Å². The first kappa shape index (κ1) is 20.1. The molecule has 3 N–H and O–H groups in total. The standard InChI is InChI=1S/C17H21FN6O.HI/c1-11-23-16(25-24-11)6-8-21-17(19-2)20-7-5-12-10-22-15-4-3-13(18)9-14(12)15;/h3-4,9-10,22H,5-8H2,1-2H3,(H2,19,20,21);1H. The van der Waals surface area contributed by atoms with Crippen LogP contribution in [0.1, 0.15) is 17.3 Å². The molecule has 0 fully saturated rings. The summed E-state index contributed by atoms with van der Waals surface area (Å²) in [6, 6.07) is 4.76. The number of H-pyrrole nitrogens is 1. The van der Waals surface area contributed by atoms with Gasteiger partial charge in [-0.25, -0.2) is 4.39 Å². The molecule has 3 rings (SSSR count). The molecule has 0 unspecified atom stereocenters. The molecule has 0 saturated heterocycles. The Labute approximate surface area is 167 Å². The van der Waals surface area contributed by atoms with E-state index >= 15 is 0 Å². The van der Waals surface area contributed by atoms with Gasteiger partial charge in [-0.05, 0) is 37.1 Å². The fraction of sp³-hybridized carbons (Fsp3) is 0.353. The summed E-state index contributed by atoms with van der Waals surface area (Å²) in [5.74, 6) is 1.70. The lowest BCUT2D eigenvalue weighted by Crippen LogP contribution is -2.39. The van der Waals surface area contributed by atoms with Gasteiger partial charge in [-0.15, -0.1) is 24.0 Å². The van der Waals surface area contributed by atoms with Crippen molar-refractivity contribution < 1.29 is 8.91 Å². The van der Waals surface area contributed by atoms with Gasteiger partial charge in [-0.3, -0.25) is 4.99 Å². The van der Waals surface area contributed by atoms with Crippen LogP contribution < -0.4 is 10.6 Å². The number of aromatic nitrogens is 3. The molecule has 0 amide bonds. The quantitative estimate of drug-likeness (QED) is 0.292. The summed E-state index contributed by atoms with van der Waals surface area (Å²) < 4.78 is 18.5. The van der Waals surface area contributed by atoms with Crippen LogP contribution in [-0.4, -0.2) is 41.2 Å². The van der Waals surface area contributed by atoms with Gasteiger partial charge in [-0.2, -0.15) is 4.98 Å². The molecule has 0 radical (unpaired) electrons. The first-order valence-corrected chi connectivity index (χ1v) is 8.15. The Hall–Kier alpha value is -2.17. The predicted octanol–water partition coefficient (Wildman–Crippen LogP) is 2.57. The van der Waals surface area contributed by atoms with E-state index in [1.54, 1.807) is 26.1 Å². The minimum absolute atomic E-state index is 0. The SMILES string of the molecule is CN=C(NCCc1nc(C)no1)NCCc1c[nH]c2ccc(F)cc12.I. The number of nitrogens with one attached hydrogen (secondary N) is 3. The van der Waals surface area contributed by atoms with Crippen molar-refractivity contribution in [3.05, 3.63) is 47.5 Å². The molecule has 0 bridgehead atoms. The Morgan fingerprint density at radius 3 is 2.73 bits per heavy atom. The molecule has 0 aliphatic heterocycles. The topological polar surface area (TPSA) is 91.1 Å². The average Bonchev–Trinajstić information content (AvgIpc) is 3.19. The summed E-state index contributed by atoms with van der Waals surface area (Å²) in [6.07, 6.45) is 3.30. The van der Waals surface area contributed by atoms with Crippen molar-refractivity contribution >= 4 is 40.8 Å². The van der Waals surface area contributed by atoms with Crippen LogP contribution in [-0.2, 0) is 12.8 Å². The van der Waals surface area contributed by atoms with E-state index < -0.39 is 0 Å². The van der Waals surface area contributed by atoms with E-state index in [2.05, 4.69) is 30.8 Å². The molecule has 7 nitrogen and oxygen atoms in total. The number of fused-ring (bicyclic) bond motifs is 1.